The van der Waals surface area contributed by atoms with Gasteiger partial charge in [-0.3, -0.25) is 5.32 Å². The van der Waals surface area contributed by atoms with Gasteiger partial charge in [-0.1, -0.05) is 12.1 Å². The number of anilines is 2. The van der Waals surface area contributed by atoms with Gasteiger partial charge >= 0.3 is 6.09 Å². The molecule has 0 radical (unpaired) electrons. The van der Waals surface area contributed by atoms with Gasteiger partial charge in [0.25, 0.3) is 0 Å². The summed E-state index contributed by atoms with van der Waals surface area (Å²) in [6, 6.07) is 3.65. The van der Waals surface area contributed by atoms with Crippen LogP contribution in [0.3, 0.4) is 0 Å². The number of carbonyl (C=O) groups is 1. The second-order valence-electron chi connectivity index (χ2n) is 6.66. The van der Waals surface area contributed by atoms with E-state index < -0.39 is 6.09 Å². The van der Waals surface area contributed by atoms with Crippen LogP contribution in [-0.4, -0.2) is 57.4 Å². The van der Waals surface area contributed by atoms with E-state index in [1.807, 2.05) is 19.3 Å². The standard InChI is InChI=1S/C17H21N7O3/c1-11-4-7-24(27-17(25)21-14-5-8-26-22-14)9-13(11)23(2)16-12-3-6-18-15(12)19-10-20-16/h3,5-6,8,10-11,13H,4,7,9H2,1-2H3,(H,18,19,20)(H,21,22,25). The molecule has 0 saturated carbocycles. The molecule has 2 unspecified atom stereocenters. The third-order valence-corrected chi connectivity index (χ3v) is 4.93. The number of hydroxylamine groups is 2. The fraction of sp³-hybridized carbons (Fsp3) is 0.412. The first kappa shape index (κ1) is 17.3. The highest BCUT2D eigenvalue weighted by Gasteiger charge is 2.32. The van der Waals surface area contributed by atoms with Crippen molar-refractivity contribution in [1.29, 1.82) is 0 Å². The van der Waals surface area contributed by atoms with Gasteiger partial charge in [0.05, 0.1) is 11.9 Å². The summed E-state index contributed by atoms with van der Waals surface area (Å²) in [5, 5.41) is 8.81. The number of carbonyl (C=O) groups excluding carboxylic acids is 1. The fourth-order valence-corrected chi connectivity index (χ4v) is 3.43. The first-order valence-electron chi connectivity index (χ1n) is 8.77. The van der Waals surface area contributed by atoms with Crippen molar-refractivity contribution in [2.45, 2.75) is 19.4 Å². The molecule has 4 heterocycles. The molecule has 142 valence electrons. The number of rotatable bonds is 4. The lowest BCUT2D eigenvalue weighted by molar-refractivity contribution is -0.117. The lowest BCUT2D eigenvalue weighted by Crippen LogP contribution is -2.51. The second kappa shape index (κ2) is 7.23. The van der Waals surface area contributed by atoms with Crippen LogP contribution in [0.2, 0.25) is 0 Å². The number of aromatic nitrogens is 4. The van der Waals surface area contributed by atoms with Gasteiger partial charge in [0.2, 0.25) is 0 Å². The van der Waals surface area contributed by atoms with Crippen LogP contribution >= 0.6 is 0 Å². The normalized spacial score (nSPS) is 20.5. The van der Waals surface area contributed by atoms with Crippen LogP contribution < -0.4 is 10.2 Å². The number of aromatic amines is 1. The highest BCUT2D eigenvalue weighted by molar-refractivity contribution is 5.87. The van der Waals surface area contributed by atoms with Gasteiger partial charge < -0.3 is 19.2 Å². The molecular weight excluding hydrogens is 350 g/mol. The van der Waals surface area contributed by atoms with Gasteiger partial charge in [-0.25, -0.2) is 14.8 Å². The summed E-state index contributed by atoms with van der Waals surface area (Å²) in [6.45, 7) is 3.43. The molecular formula is C17H21N7O3. The molecule has 1 saturated heterocycles. The Balaban J connectivity index is 1.45. The van der Waals surface area contributed by atoms with Crippen molar-refractivity contribution in [2.75, 3.05) is 30.4 Å². The van der Waals surface area contributed by atoms with Gasteiger partial charge in [0, 0.05) is 31.9 Å². The predicted molar refractivity (Wildman–Crippen MR) is 98.0 cm³/mol. The lowest BCUT2D eigenvalue weighted by Gasteiger charge is -2.40. The summed E-state index contributed by atoms with van der Waals surface area (Å²) in [5.41, 5.74) is 0.801. The van der Waals surface area contributed by atoms with Gasteiger partial charge in [-0.2, -0.15) is 0 Å². The van der Waals surface area contributed by atoms with Crippen LogP contribution in [-0.2, 0) is 4.84 Å². The number of nitrogens with one attached hydrogen (secondary N) is 2. The zero-order chi connectivity index (χ0) is 18.8. The summed E-state index contributed by atoms with van der Waals surface area (Å²) >= 11 is 0. The highest BCUT2D eigenvalue weighted by atomic mass is 16.7. The Morgan fingerprint density at radius 3 is 3.15 bits per heavy atom. The summed E-state index contributed by atoms with van der Waals surface area (Å²) < 4.78 is 4.69. The molecule has 2 atom stereocenters. The fourth-order valence-electron chi connectivity index (χ4n) is 3.43. The molecule has 10 nitrogen and oxygen atoms in total. The third-order valence-electron chi connectivity index (χ3n) is 4.93. The van der Waals surface area contributed by atoms with Crippen LogP contribution in [0, 0.1) is 5.92 Å². The number of hydrogen-bond acceptors (Lipinski definition) is 8. The zero-order valence-electron chi connectivity index (χ0n) is 15.1. The summed E-state index contributed by atoms with van der Waals surface area (Å²) in [5.74, 6) is 1.58. The first-order valence-corrected chi connectivity index (χ1v) is 8.77. The van der Waals surface area contributed by atoms with E-state index in [4.69, 9.17) is 9.36 Å². The maximum Gasteiger partial charge on any atom is 0.432 e. The second-order valence-corrected chi connectivity index (χ2v) is 6.66. The summed E-state index contributed by atoms with van der Waals surface area (Å²) in [6.07, 6.45) is 5.10. The Bertz CT molecular complexity index is 910. The van der Waals surface area contributed by atoms with Gasteiger partial charge in [-0.15, -0.1) is 5.06 Å². The molecule has 1 fully saturated rings. The molecule has 0 spiro atoms. The van der Waals surface area contributed by atoms with E-state index in [0.717, 1.165) is 23.3 Å². The zero-order valence-corrected chi connectivity index (χ0v) is 15.1. The molecule has 0 aliphatic carbocycles. The number of H-pyrrole nitrogens is 1. The minimum Gasteiger partial charge on any atom is -0.363 e. The topological polar surface area (TPSA) is 112 Å². The lowest BCUT2D eigenvalue weighted by atomic mass is 9.93. The Labute approximate surface area is 155 Å². The highest BCUT2D eigenvalue weighted by Crippen LogP contribution is 2.28. The van der Waals surface area contributed by atoms with E-state index in [0.29, 0.717) is 24.8 Å². The Kier molecular flexibility index (Phi) is 4.63. The average molecular weight is 371 g/mol. The third kappa shape index (κ3) is 3.56. The Morgan fingerprint density at radius 2 is 2.33 bits per heavy atom. The molecule has 3 aromatic rings. The summed E-state index contributed by atoms with van der Waals surface area (Å²) in [7, 11) is 2.01. The smallest absolute Gasteiger partial charge is 0.363 e. The van der Waals surface area contributed by atoms with E-state index in [2.05, 4.69) is 37.2 Å². The molecule has 4 rings (SSSR count). The predicted octanol–water partition coefficient (Wildman–Crippen LogP) is 2.26. The SMILES string of the molecule is CC1CCN(OC(=O)Nc2ccon2)CC1N(C)c1ncnc2[nH]ccc12. The van der Waals surface area contributed by atoms with E-state index in [9.17, 15) is 4.79 Å². The van der Waals surface area contributed by atoms with E-state index in [-0.39, 0.29) is 6.04 Å². The number of fused-ring (bicyclic) bond motifs is 1. The van der Waals surface area contributed by atoms with E-state index in [1.165, 1.54) is 6.26 Å². The molecule has 1 aliphatic rings. The van der Waals surface area contributed by atoms with Crippen LogP contribution in [0.4, 0.5) is 16.4 Å². The summed E-state index contributed by atoms with van der Waals surface area (Å²) in [4.78, 5) is 31.4. The van der Waals surface area contributed by atoms with Crippen molar-refractivity contribution in [3.05, 3.63) is 30.9 Å². The molecule has 3 aromatic heterocycles. The number of amides is 1. The minimum absolute atomic E-state index is 0.131. The van der Waals surface area contributed by atoms with Crippen molar-refractivity contribution < 1.29 is 14.2 Å². The Morgan fingerprint density at radius 1 is 1.44 bits per heavy atom. The molecule has 1 amide bonds. The van der Waals surface area contributed by atoms with Crippen LogP contribution in [0.15, 0.2) is 35.4 Å². The number of likely N-dealkylation sites (N-methyl/N-ethyl adjacent to an activating group) is 1. The van der Waals surface area contributed by atoms with Gasteiger partial charge in [0.1, 0.15) is 24.1 Å². The molecule has 1 aliphatic heterocycles. The quantitative estimate of drug-likeness (QED) is 0.718. The van der Waals surface area contributed by atoms with Crippen molar-refractivity contribution in [3.63, 3.8) is 0 Å². The minimum atomic E-state index is -0.588. The molecule has 0 bridgehead atoms. The number of nitrogens with zero attached hydrogens (tertiary/aromatic N) is 5. The first-order chi connectivity index (χ1) is 13.1. The average Bonchev–Trinajstić information content (AvgIpc) is 3.33. The van der Waals surface area contributed by atoms with Crippen LogP contribution in [0.25, 0.3) is 11.0 Å². The van der Waals surface area contributed by atoms with Crippen molar-refractivity contribution in [3.8, 4) is 0 Å². The molecule has 0 aromatic carbocycles. The van der Waals surface area contributed by atoms with Crippen LogP contribution in [0.5, 0.6) is 0 Å². The van der Waals surface area contributed by atoms with Crippen molar-refractivity contribution in [1.82, 2.24) is 25.2 Å². The molecule has 27 heavy (non-hydrogen) atoms. The molecule has 10 heteroatoms. The van der Waals surface area contributed by atoms with Gasteiger partial charge in [-0.05, 0) is 18.4 Å². The number of piperidine rings is 1. The number of hydrogen-bond donors (Lipinski definition) is 2. The molecule has 2 N–H and O–H groups in total. The maximum absolute atomic E-state index is 12.1. The Hall–Kier alpha value is -3.14. The largest absolute Gasteiger partial charge is 0.432 e. The van der Waals surface area contributed by atoms with Crippen molar-refractivity contribution >= 4 is 28.8 Å². The van der Waals surface area contributed by atoms with E-state index in [1.54, 1.807) is 17.5 Å². The van der Waals surface area contributed by atoms with Gasteiger partial charge in [0.15, 0.2) is 5.82 Å². The maximum atomic E-state index is 12.1. The van der Waals surface area contributed by atoms with Crippen molar-refractivity contribution in [2.24, 2.45) is 5.92 Å². The van der Waals surface area contributed by atoms with Crippen LogP contribution in [0.1, 0.15) is 13.3 Å². The monoisotopic (exact) mass is 371 g/mol. The van der Waals surface area contributed by atoms with E-state index >= 15 is 0 Å².